The number of carbonyl (C=O) groups excluding carboxylic acids is 1. The number of aromatic nitrogens is 1. The van der Waals surface area contributed by atoms with E-state index in [0.717, 1.165) is 27.7 Å². The Bertz CT molecular complexity index is 1570. The highest BCUT2D eigenvalue weighted by Crippen LogP contribution is 2.40. The van der Waals surface area contributed by atoms with Crippen LogP contribution in [-0.2, 0) is 16.3 Å². The lowest BCUT2D eigenvalue weighted by atomic mass is 9.92. The van der Waals surface area contributed by atoms with Crippen LogP contribution in [0.5, 0.6) is 11.5 Å². The molecule has 1 atom stereocenters. The van der Waals surface area contributed by atoms with Crippen LogP contribution in [0.3, 0.4) is 0 Å². The molecule has 0 bridgehead atoms. The lowest BCUT2D eigenvalue weighted by Gasteiger charge is -2.35. The quantitative estimate of drug-likeness (QED) is 0.257. The smallest absolute Gasteiger partial charge is 0.416 e. The van der Waals surface area contributed by atoms with Gasteiger partial charge in [-0.25, -0.2) is 13.2 Å². The van der Waals surface area contributed by atoms with Crippen LogP contribution in [0, 0.1) is 0 Å². The van der Waals surface area contributed by atoms with Gasteiger partial charge < -0.3 is 14.5 Å². The van der Waals surface area contributed by atoms with Crippen molar-refractivity contribution in [1.29, 1.82) is 0 Å². The highest BCUT2D eigenvalue weighted by atomic mass is 35.5. The number of amides is 1. The number of benzene rings is 3. The summed E-state index contributed by atoms with van der Waals surface area (Å²) >= 11 is 12.3. The van der Waals surface area contributed by atoms with Crippen molar-refractivity contribution >= 4 is 50.0 Å². The zero-order valence-corrected chi connectivity index (χ0v) is 22.9. The summed E-state index contributed by atoms with van der Waals surface area (Å²) in [5.74, 6) is 1.10. The van der Waals surface area contributed by atoms with Gasteiger partial charge >= 0.3 is 6.09 Å². The molecule has 1 aliphatic heterocycles. The number of rotatable bonds is 7. The van der Waals surface area contributed by atoms with Gasteiger partial charge in [0.15, 0.2) is 0 Å². The molecule has 0 unspecified atom stereocenters. The van der Waals surface area contributed by atoms with Crippen molar-refractivity contribution in [1.82, 2.24) is 9.88 Å². The van der Waals surface area contributed by atoms with Crippen LogP contribution < -0.4 is 9.47 Å². The maximum absolute atomic E-state index is 13.4. The van der Waals surface area contributed by atoms with E-state index in [4.69, 9.17) is 32.7 Å². The number of fused-ring (bicyclic) bond motifs is 3. The minimum atomic E-state index is -3.03. The summed E-state index contributed by atoms with van der Waals surface area (Å²) in [7, 11) is -3.03. The van der Waals surface area contributed by atoms with Gasteiger partial charge in [-0.05, 0) is 78.6 Å². The monoisotopic (exact) mass is 572 g/mol. The van der Waals surface area contributed by atoms with E-state index in [9.17, 15) is 13.2 Å². The molecule has 0 spiro atoms. The van der Waals surface area contributed by atoms with Gasteiger partial charge in [0.05, 0.1) is 12.4 Å². The predicted molar refractivity (Wildman–Crippen MR) is 149 cm³/mol. The molecule has 3 aromatic carbocycles. The van der Waals surface area contributed by atoms with E-state index in [1.54, 1.807) is 29.2 Å². The number of hydrogen-bond donors (Lipinski definition) is 1. The first-order valence-corrected chi connectivity index (χ1v) is 14.9. The van der Waals surface area contributed by atoms with E-state index in [-0.39, 0.29) is 5.75 Å². The van der Waals surface area contributed by atoms with Gasteiger partial charge in [-0.3, -0.25) is 4.90 Å². The standard InChI is InChI=1S/C28H26Cl2N2O5S/c1-38(34,35)16-2-15-36-21-8-3-18(4-9-21)27-26-23(24-17-20(30)7-12-25(24)31-26)13-14-32(27)28(33)37-22-10-5-19(29)6-11-22/h3-12,17,27,31H,2,13-16H2,1H3/t27-/m0/s1. The van der Waals surface area contributed by atoms with E-state index in [1.165, 1.54) is 6.26 Å². The highest BCUT2D eigenvalue weighted by Gasteiger charge is 2.35. The van der Waals surface area contributed by atoms with Gasteiger partial charge in [0.1, 0.15) is 27.4 Å². The van der Waals surface area contributed by atoms with Gasteiger partial charge in [-0.1, -0.05) is 35.3 Å². The number of H-pyrrole nitrogens is 1. The molecule has 5 rings (SSSR count). The lowest BCUT2D eigenvalue weighted by Crippen LogP contribution is -2.42. The zero-order chi connectivity index (χ0) is 26.9. The molecule has 2 heterocycles. The molecule has 0 saturated heterocycles. The second-order valence-corrected chi connectivity index (χ2v) is 12.4. The molecule has 1 aromatic heterocycles. The average molecular weight is 573 g/mol. The molecule has 0 aliphatic carbocycles. The third-order valence-corrected chi connectivity index (χ3v) is 7.98. The van der Waals surface area contributed by atoms with E-state index in [1.807, 2.05) is 42.5 Å². The van der Waals surface area contributed by atoms with Crippen LogP contribution in [0.2, 0.25) is 10.0 Å². The Hall–Kier alpha value is -3.20. The van der Waals surface area contributed by atoms with Crippen LogP contribution in [-0.4, -0.2) is 49.6 Å². The maximum atomic E-state index is 13.4. The Balaban J connectivity index is 1.44. The topological polar surface area (TPSA) is 88.7 Å². The van der Waals surface area contributed by atoms with Crippen molar-refractivity contribution in [3.63, 3.8) is 0 Å². The Kier molecular flexibility index (Phi) is 7.56. The molecule has 7 nitrogen and oxygen atoms in total. The zero-order valence-electron chi connectivity index (χ0n) is 20.6. The molecule has 0 saturated carbocycles. The van der Waals surface area contributed by atoms with E-state index >= 15 is 0 Å². The minimum absolute atomic E-state index is 0.0744. The van der Waals surface area contributed by atoms with E-state index in [2.05, 4.69) is 4.98 Å². The Labute approximate surface area is 231 Å². The summed E-state index contributed by atoms with van der Waals surface area (Å²) in [6.07, 6.45) is 1.79. The second kappa shape index (κ2) is 10.9. The first-order valence-electron chi connectivity index (χ1n) is 12.1. The third kappa shape index (κ3) is 5.93. The number of ether oxygens (including phenoxy) is 2. The van der Waals surface area contributed by atoms with E-state index in [0.29, 0.717) is 47.5 Å². The van der Waals surface area contributed by atoms with Crippen molar-refractivity contribution in [2.45, 2.75) is 18.9 Å². The Morgan fingerprint density at radius 1 is 1.00 bits per heavy atom. The summed E-state index contributed by atoms with van der Waals surface area (Å²) in [6, 6.07) is 19.4. The fourth-order valence-corrected chi connectivity index (χ4v) is 5.66. The van der Waals surface area contributed by atoms with Crippen molar-refractivity contribution in [3.8, 4) is 11.5 Å². The molecule has 1 aliphatic rings. The van der Waals surface area contributed by atoms with Crippen molar-refractivity contribution < 1.29 is 22.7 Å². The van der Waals surface area contributed by atoms with Gasteiger partial charge in [0, 0.05) is 39.4 Å². The number of sulfone groups is 1. The highest BCUT2D eigenvalue weighted by molar-refractivity contribution is 7.90. The van der Waals surface area contributed by atoms with Crippen molar-refractivity contribution in [2.75, 3.05) is 25.2 Å². The normalized spacial score (nSPS) is 15.3. The Morgan fingerprint density at radius 2 is 1.68 bits per heavy atom. The van der Waals surface area contributed by atoms with Crippen LogP contribution in [0.25, 0.3) is 10.9 Å². The summed E-state index contributed by atoms with van der Waals surface area (Å²) in [4.78, 5) is 18.6. The fraction of sp³-hybridized carbons (Fsp3) is 0.250. The Morgan fingerprint density at radius 3 is 2.39 bits per heavy atom. The molecular formula is C28H26Cl2N2O5S. The fourth-order valence-electron chi connectivity index (χ4n) is 4.72. The molecule has 1 amide bonds. The molecule has 38 heavy (non-hydrogen) atoms. The minimum Gasteiger partial charge on any atom is -0.494 e. The molecular weight excluding hydrogens is 547 g/mol. The molecule has 0 fully saturated rings. The van der Waals surface area contributed by atoms with Gasteiger partial charge in [0.25, 0.3) is 0 Å². The first kappa shape index (κ1) is 26.4. The van der Waals surface area contributed by atoms with Crippen LogP contribution in [0.1, 0.15) is 29.3 Å². The number of halogens is 2. The third-order valence-electron chi connectivity index (χ3n) is 6.47. The van der Waals surface area contributed by atoms with Crippen LogP contribution in [0.4, 0.5) is 4.79 Å². The molecule has 4 aromatic rings. The largest absolute Gasteiger partial charge is 0.494 e. The number of carbonyl (C=O) groups is 1. The van der Waals surface area contributed by atoms with Crippen LogP contribution in [0.15, 0.2) is 66.7 Å². The summed E-state index contributed by atoms with van der Waals surface area (Å²) in [5, 5.41) is 2.24. The molecule has 1 N–H and O–H groups in total. The average Bonchev–Trinajstić information content (AvgIpc) is 3.25. The second-order valence-electron chi connectivity index (χ2n) is 9.28. The number of aromatic amines is 1. The summed E-state index contributed by atoms with van der Waals surface area (Å²) < 4.78 is 34.1. The lowest BCUT2D eigenvalue weighted by molar-refractivity contribution is 0.135. The summed E-state index contributed by atoms with van der Waals surface area (Å²) in [5.41, 5.74) is 3.84. The van der Waals surface area contributed by atoms with Crippen molar-refractivity contribution in [2.24, 2.45) is 0 Å². The molecule has 0 radical (unpaired) electrons. The number of hydrogen-bond acceptors (Lipinski definition) is 5. The maximum Gasteiger partial charge on any atom is 0.416 e. The SMILES string of the molecule is CS(=O)(=O)CCCOc1ccc([C@H]2c3[nH]c4ccc(Cl)cc4c3CCN2C(=O)Oc2ccc(Cl)cc2)cc1. The van der Waals surface area contributed by atoms with Gasteiger partial charge in [0.2, 0.25) is 0 Å². The van der Waals surface area contributed by atoms with Gasteiger partial charge in [-0.15, -0.1) is 0 Å². The van der Waals surface area contributed by atoms with Gasteiger partial charge in [-0.2, -0.15) is 0 Å². The first-order chi connectivity index (χ1) is 18.2. The van der Waals surface area contributed by atoms with Crippen LogP contribution >= 0.6 is 23.2 Å². The van der Waals surface area contributed by atoms with Crippen molar-refractivity contribution in [3.05, 3.63) is 93.6 Å². The number of nitrogens with zero attached hydrogens (tertiary/aromatic N) is 1. The molecule has 198 valence electrons. The molecule has 10 heteroatoms. The predicted octanol–water partition coefficient (Wildman–Crippen LogP) is 6.43. The number of nitrogens with one attached hydrogen (secondary N) is 1. The summed E-state index contributed by atoms with van der Waals surface area (Å²) in [6.45, 7) is 0.746. The van der Waals surface area contributed by atoms with E-state index < -0.39 is 22.0 Å².